The van der Waals surface area contributed by atoms with Crippen molar-refractivity contribution < 1.29 is 17.6 Å². The summed E-state index contributed by atoms with van der Waals surface area (Å²) in [5, 5.41) is 0. The van der Waals surface area contributed by atoms with E-state index in [2.05, 4.69) is 13.0 Å². The molecule has 1 aromatic carbocycles. The van der Waals surface area contributed by atoms with Gasteiger partial charge in [-0.05, 0) is 52.2 Å². The molecule has 2 aromatic heterocycles. The van der Waals surface area contributed by atoms with Gasteiger partial charge in [0.05, 0.1) is 0 Å². The molecule has 0 saturated heterocycles. The number of benzene rings is 1. The number of aryl methyl sites for hydroxylation is 1. The van der Waals surface area contributed by atoms with E-state index in [1.807, 2.05) is 22.0 Å². The number of alkyl halides is 3. The summed E-state index contributed by atoms with van der Waals surface area (Å²) in [6.45, 7) is 2.10. The summed E-state index contributed by atoms with van der Waals surface area (Å²) >= 11 is 5.06. The Kier molecular flexibility index (Phi) is 4.55. The van der Waals surface area contributed by atoms with Crippen LogP contribution in [0.1, 0.15) is 23.8 Å². The Bertz CT molecular complexity index is 806. The minimum atomic E-state index is -3.73. The van der Waals surface area contributed by atoms with Crippen molar-refractivity contribution in [2.24, 2.45) is 0 Å². The smallest absolute Gasteiger partial charge is 0.206 e. The maximum absolute atomic E-state index is 13.9. The van der Waals surface area contributed by atoms with Crippen molar-refractivity contribution in [2.75, 3.05) is 0 Å². The zero-order chi connectivity index (χ0) is 16.8. The first-order valence-corrected chi connectivity index (χ1v) is 9.31. The van der Waals surface area contributed by atoms with E-state index in [1.165, 1.54) is 16.2 Å². The molecule has 7 heteroatoms. The van der Waals surface area contributed by atoms with E-state index >= 15 is 0 Å². The number of halogens is 5. The third-order valence-corrected chi connectivity index (χ3v) is 6.16. The highest BCUT2D eigenvalue weighted by Gasteiger charge is 2.35. The maximum Gasteiger partial charge on any atom is 0.332 e. The zero-order valence-corrected chi connectivity index (χ0v) is 15.1. The molecule has 3 aromatic rings. The molecule has 0 aliphatic rings. The number of hydrogen-bond acceptors (Lipinski definition) is 2. The molecule has 0 aliphatic carbocycles. The molecule has 0 bridgehead atoms. The molecule has 0 spiro atoms. The monoisotopic (exact) mass is 422 g/mol. The lowest BCUT2D eigenvalue weighted by Gasteiger charge is -2.12. The van der Waals surface area contributed by atoms with Crippen LogP contribution in [0.5, 0.6) is 0 Å². The molecule has 0 radical (unpaired) electrons. The summed E-state index contributed by atoms with van der Waals surface area (Å²) in [6, 6.07) is 5.83. The third kappa shape index (κ3) is 3.32. The van der Waals surface area contributed by atoms with Crippen LogP contribution >= 0.6 is 38.6 Å². The van der Waals surface area contributed by atoms with Gasteiger partial charge < -0.3 is 0 Å². The van der Waals surface area contributed by atoms with E-state index in [0.717, 1.165) is 34.4 Å². The zero-order valence-electron chi connectivity index (χ0n) is 11.9. The average molecular weight is 423 g/mol. The Morgan fingerprint density at radius 3 is 2.13 bits per heavy atom. The molecule has 0 aliphatic heterocycles. The van der Waals surface area contributed by atoms with E-state index in [-0.39, 0.29) is 5.56 Å². The van der Waals surface area contributed by atoms with E-state index in [4.69, 9.17) is 0 Å². The van der Waals surface area contributed by atoms with Crippen molar-refractivity contribution in [1.29, 1.82) is 0 Å². The van der Waals surface area contributed by atoms with Crippen LogP contribution in [0, 0.1) is 11.6 Å². The number of fused-ring (bicyclic) bond motifs is 1. The summed E-state index contributed by atoms with van der Waals surface area (Å²) in [7, 11) is 0. The first-order valence-electron chi connectivity index (χ1n) is 6.88. The lowest BCUT2D eigenvalue weighted by molar-refractivity contribution is 0.105. The summed E-state index contributed by atoms with van der Waals surface area (Å²) in [5.41, 5.74) is -0.990. The molecule has 0 N–H and O–H groups in total. The maximum atomic E-state index is 13.9. The second-order valence-electron chi connectivity index (χ2n) is 5.11. The molecule has 2 heterocycles. The fourth-order valence-electron chi connectivity index (χ4n) is 2.38. The molecule has 0 amide bonds. The van der Waals surface area contributed by atoms with Crippen molar-refractivity contribution in [3.63, 3.8) is 0 Å². The second-order valence-corrected chi connectivity index (χ2v) is 8.36. The van der Waals surface area contributed by atoms with Gasteiger partial charge >= 0.3 is 4.83 Å². The van der Waals surface area contributed by atoms with E-state index < -0.39 is 22.0 Å². The molecular formula is C16H11BrF4S2. The molecule has 122 valence electrons. The Hall–Kier alpha value is -0.920. The van der Waals surface area contributed by atoms with Crippen molar-refractivity contribution in [3.05, 3.63) is 46.3 Å². The molecular weight excluding hydrogens is 412 g/mol. The summed E-state index contributed by atoms with van der Waals surface area (Å²) in [5.74, 6) is -2.52. The largest absolute Gasteiger partial charge is 0.332 e. The number of hydrogen-bond donors (Lipinski definition) is 0. The van der Waals surface area contributed by atoms with Crippen molar-refractivity contribution in [2.45, 2.75) is 24.6 Å². The summed E-state index contributed by atoms with van der Waals surface area (Å²) in [6.07, 6.45) is 2.05. The number of thiophene rings is 2. The highest BCUT2D eigenvalue weighted by Crippen LogP contribution is 2.42. The van der Waals surface area contributed by atoms with E-state index in [9.17, 15) is 17.6 Å². The van der Waals surface area contributed by atoms with Crippen LogP contribution in [-0.2, 0) is 11.3 Å². The quantitative estimate of drug-likeness (QED) is 0.305. The Balaban J connectivity index is 2.03. The molecule has 0 atom stereocenters. The molecule has 0 fully saturated rings. The van der Waals surface area contributed by atoms with Gasteiger partial charge in [-0.15, -0.1) is 22.7 Å². The topological polar surface area (TPSA) is 0 Å². The first-order chi connectivity index (χ1) is 10.8. The van der Waals surface area contributed by atoms with Crippen LogP contribution < -0.4 is 0 Å². The molecule has 0 unspecified atom stereocenters. The second kappa shape index (κ2) is 6.18. The van der Waals surface area contributed by atoms with Crippen molar-refractivity contribution in [3.8, 4) is 10.4 Å². The van der Waals surface area contributed by atoms with Crippen LogP contribution in [-0.4, -0.2) is 0 Å². The van der Waals surface area contributed by atoms with E-state index in [1.54, 1.807) is 11.3 Å². The standard InChI is InChI=1S/C16H11BrF4S2/c1-2-3-9-6-13-14(22-9)7-12(23-13)8-4-10(18)15(11(19)5-8)16(17,20)21/h4-7H,2-3H2,1H3. The lowest BCUT2D eigenvalue weighted by Crippen LogP contribution is -2.09. The van der Waals surface area contributed by atoms with Gasteiger partial charge in [0.2, 0.25) is 0 Å². The van der Waals surface area contributed by atoms with Gasteiger partial charge in [-0.2, -0.15) is 8.78 Å². The molecule has 0 nitrogen and oxygen atoms in total. The lowest BCUT2D eigenvalue weighted by atomic mass is 10.1. The predicted molar refractivity (Wildman–Crippen MR) is 91.9 cm³/mol. The Morgan fingerprint density at radius 2 is 1.61 bits per heavy atom. The van der Waals surface area contributed by atoms with E-state index in [0.29, 0.717) is 4.88 Å². The van der Waals surface area contributed by atoms with Gasteiger partial charge in [0, 0.05) is 19.2 Å². The normalized spacial score (nSPS) is 12.3. The highest BCUT2D eigenvalue weighted by molar-refractivity contribution is 9.09. The Morgan fingerprint density at radius 1 is 1.00 bits per heavy atom. The van der Waals surface area contributed by atoms with Gasteiger partial charge in [0.25, 0.3) is 0 Å². The van der Waals surface area contributed by atoms with Gasteiger partial charge in [-0.3, -0.25) is 0 Å². The third-order valence-electron chi connectivity index (χ3n) is 3.36. The highest BCUT2D eigenvalue weighted by atomic mass is 79.9. The van der Waals surface area contributed by atoms with Gasteiger partial charge in [-0.1, -0.05) is 13.3 Å². The van der Waals surface area contributed by atoms with Crippen LogP contribution in [0.2, 0.25) is 0 Å². The SMILES string of the molecule is CCCc1cc2sc(-c3cc(F)c(C(F)(F)Br)c(F)c3)cc2s1. The van der Waals surface area contributed by atoms with Crippen LogP contribution in [0.15, 0.2) is 24.3 Å². The van der Waals surface area contributed by atoms with Crippen molar-refractivity contribution in [1.82, 2.24) is 0 Å². The summed E-state index contributed by atoms with van der Waals surface area (Å²) in [4.78, 5) is -1.80. The first kappa shape index (κ1) is 16.9. The Labute approximate surface area is 146 Å². The molecule has 23 heavy (non-hydrogen) atoms. The van der Waals surface area contributed by atoms with Crippen molar-refractivity contribution >= 4 is 48.0 Å². The molecule has 3 rings (SSSR count). The van der Waals surface area contributed by atoms with Crippen LogP contribution in [0.4, 0.5) is 17.6 Å². The minimum absolute atomic E-state index is 0.269. The molecule has 0 saturated carbocycles. The van der Waals surface area contributed by atoms with Gasteiger partial charge in [0.1, 0.15) is 17.2 Å². The van der Waals surface area contributed by atoms with Gasteiger partial charge in [-0.25, -0.2) is 8.78 Å². The fourth-order valence-corrected chi connectivity index (χ4v) is 5.27. The van der Waals surface area contributed by atoms with Crippen LogP contribution in [0.3, 0.4) is 0 Å². The van der Waals surface area contributed by atoms with Gasteiger partial charge in [0.15, 0.2) is 0 Å². The summed E-state index contributed by atoms with van der Waals surface area (Å²) < 4.78 is 56.3. The fraction of sp³-hybridized carbons (Fsp3) is 0.250. The predicted octanol–water partition coefficient (Wildman–Crippen LogP) is 7.30. The van der Waals surface area contributed by atoms with Crippen LogP contribution in [0.25, 0.3) is 19.8 Å². The average Bonchev–Trinajstić information content (AvgIpc) is 2.94. The minimum Gasteiger partial charge on any atom is -0.206 e. The number of rotatable bonds is 4.